The van der Waals surface area contributed by atoms with Crippen LogP contribution in [0.1, 0.15) is 5.56 Å². The molecule has 0 bridgehead atoms. The van der Waals surface area contributed by atoms with Crippen molar-refractivity contribution >= 4 is 23.6 Å². The Bertz CT molecular complexity index is 633. The summed E-state index contributed by atoms with van der Waals surface area (Å²) in [7, 11) is 0. The van der Waals surface area contributed by atoms with E-state index >= 15 is 0 Å². The fourth-order valence-corrected chi connectivity index (χ4v) is 1.78. The van der Waals surface area contributed by atoms with Crippen molar-refractivity contribution in [3.8, 4) is 0 Å². The fraction of sp³-hybridized carbons (Fsp3) is 0.214. The molecule has 1 saturated heterocycles. The largest absolute Gasteiger partial charge is 0.447 e. The SMILES string of the molecule is C=CC(=O)NCc1ccc(NC(=O)[C@@H]2COC(=O)N2)cc1F. The van der Waals surface area contributed by atoms with Gasteiger partial charge in [-0.3, -0.25) is 9.59 Å². The second kappa shape index (κ2) is 6.70. The van der Waals surface area contributed by atoms with E-state index in [9.17, 15) is 18.8 Å². The van der Waals surface area contributed by atoms with Crippen molar-refractivity contribution < 1.29 is 23.5 Å². The number of benzene rings is 1. The lowest BCUT2D eigenvalue weighted by atomic mass is 10.2. The molecule has 0 aromatic heterocycles. The Balaban J connectivity index is 1.96. The Morgan fingerprint density at radius 1 is 1.50 bits per heavy atom. The molecule has 8 heteroatoms. The lowest BCUT2D eigenvalue weighted by molar-refractivity contribution is -0.118. The molecule has 1 fully saturated rings. The maximum absolute atomic E-state index is 13.9. The van der Waals surface area contributed by atoms with Gasteiger partial charge in [0, 0.05) is 17.8 Å². The maximum atomic E-state index is 13.9. The molecule has 1 aromatic rings. The van der Waals surface area contributed by atoms with E-state index < -0.39 is 29.8 Å². The summed E-state index contributed by atoms with van der Waals surface area (Å²) < 4.78 is 18.5. The van der Waals surface area contributed by atoms with E-state index in [-0.39, 0.29) is 24.4 Å². The van der Waals surface area contributed by atoms with E-state index in [2.05, 4.69) is 27.3 Å². The lowest BCUT2D eigenvalue weighted by Gasteiger charge is -2.10. The summed E-state index contributed by atoms with van der Waals surface area (Å²) in [4.78, 5) is 33.7. The van der Waals surface area contributed by atoms with Crippen LogP contribution in [0.25, 0.3) is 0 Å². The Kier molecular flexibility index (Phi) is 4.72. The van der Waals surface area contributed by atoms with Gasteiger partial charge >= 0.3 is 6.09 Å². The molecule has 0 saturated carbocycles. The number of cyclic esters (lactones) is 1. The van der Waals surface area contributed by atoms with Crippen LogP contribution in [-0.2, 0) is 20.9 Å². The molecule has 1 heterocycles. The number of ether oxygens (including phenoxy) is 1. The summed E-state index contributed by atoms with van der Waals surface area (Å²) >= 11 is 0. The predicted octanol–water partition coefficient (Wildman–Crippen LogP) is 0.675. The van der Waals surface area contributed by atoms with Crippen molar-refractivity contribution in [2.75, 3.05) is 11.9 Å². The minimum absolute atomic E-state index is 0.0113. The smallest absolute Gasteiger partial charge is 0.407 e. The van der Waals surface area contributed by atoms with Gasteiger partial charge in [-0.25, -0.2) is 9.18 Å². The summed E-state index contributed by atoms with van der Waals surface area (Å²) in [5.74, 6) is -1.49. The standard InChI is InChI=1S/C14H14FN3O4/c1-2-12(19)16-6-8-3-4-9(5-10(8)15)17-13(20)11-7-22-14(21)18-11/h2-5,11H,1,6-7H2,(H,16,19)(H,17,20)(H,18,21)/t11-/m0/s1. The third kappa shape index (κ3) is 3.81. The van der Waals surface area contributed by atoms with Crippen LogP contribution in [0.2, 0.25) is 0 Å². The van der Waals surface area contributed by atoms with Crippen LogP contribution in [0.4, 0.5) is 14.9 Å². The number of halogens is 1. The highest BCUT2D eigenvalue weighted by Gasteiger charge is 2.28. The minimum Gasteiger partial charge on any atom is -0.447 e. The van der Waals surface area contributed by atoms with Gasteiger partial charge in [0.15, 0.2) is 0 Å². The van der Waals surface area contributed by atoms with Crippen molar-refractivity contribution in [2.24, 2.45) is 0 Å². The van der Waals surface area contributed by atoms with Gasteiger partial charge in [0.2, 0.25) is 5.91 Å². The number of alkyl carbamates (subject to hydrolysis) is 1. The number of carbonyl (C=O) groups is 3. The first kappa shape index (κ1) is 15.5. The van der Waals surface area contributed by atoms with Crippen LogP contribution in [-0.4, -0.2) is 30.6 Å². The molecule has 0 unspecified atom stereocenters. The first-order valence-corrected chi connectivity index (χ1v) is 6.42. The summed E-state index contributed by atoms with van der Waals surface area (Å²) in [6, 6.07) is 3.26. The second-order valence-electron chi connectivity index (χ2n) is 4.51. The van der Waals surface area contributed by atoms with Gasteiger partial charge in [0.25, 0.3) is 5.91 Å². The normalized spacial score (nSPS) is 16.4. The molecule has 0 radical (unpaired) electrons. The van der Waals surface area contributed by atoms with Gasteiger partial charge < -0.3 is 20.7 Å². The van der Waals surface area contributed by atoms with Crippen LogP contribution in [0.5, 0.6) is 0 Å². The highest BCUT2D eigenvalue weighted by molar-refractivity contribution is 5.97. The molecule has 1 aliphatic heterocycles. The molecular weight excluding hydrogens is 293 g/mol. The number of amides is 3. The highest BCUT2D eigenvalue weighted by atomic mass is 19.1. The first-order valence-electron chi connectivity index (χ1n) is 6.42. The van der Waals surface area contributed by atoms with Crippen LogP contribution in [0, 0.1) is 5.82 Å². The molecule has 1 aliphatic rings. The van der Waals surface area contributed by atoms with Gasteiger partial charge in [-0.15, -0.1) is 0 Å². The van der Waals surface area contributed by atoms with Gasteiger partial charge in [0.05, 0.1) is 0 Å². The molecule has 1 atom stereocenters. The number of hydrogen-bond acceptors (Lipinski definition) is 4. The summed E-state index contributed by atoms with van der Waals surface area (Å²) in [6.07, 6.45) is 0.421. The number of rotatable bonds is 5. The molecule has 7 nitrogen and oxygen atoms in total. The molecule has 0 spiro atoms. The average Bonchev–Trinajstić information content (AvgIpc) is 2.92. The zero-order valence-electron chi connectivity index (χ0n) is 11.5. The van der Waals surface area contributed by atoms with Crippen LogP contribution in [0.15, 0.2) is 30.9 Å². The summed E-state index contributed by atoms with van der Waals surface area (Å²) in [5, 5.41) is 7.24. The molecule has 3 N–H and O–H groups in total. The molecule has 2 rings (SSSR count). The number of hydrogen-bond donors (Lipinski definition) is 3. The Morgan fingerprint density at radius 2 is 2.27 bits per heavy atom. The van der Waals surface area contributed by atoms with Crippen molar-refractivity contribution in [2.45, 2.75) is 12.6 Å². The zero-order valence-corrected chi connectivity index (χ0v) is 11.5. The first-order chi connectivity index (χ1) is 10.5. The van der Waals surface area contributed by atoms with E-state index in [1.165, 1.54) is 12.1 Å². The van der Waals surface area contributed by atoms with E-state index in [4.69, 9.17) is 0 Å². The van der Waals surface area contributed by atoms with Crippen LogP contribution in [0.3, 0.4) is 0 Å². The van der Waals surface area contributed by atoms with Gasteiger partial charge in [0.1, 0.15) is 18.5 Å². The summed E-state index contributed by atoms with van der Waals surface area (Å²) in [5.41, 5.74) is 0.508. The van der Waals surface area contributed by atoms with E-state index in [0.717, 1.165) is 12.1 Å². The topological polar surface area (TPSA) is 96.5 Å². The molecule has 22 heavy (non-hydrogen) atoms. The number of carbonyl (C=O) groups excluding carboxylic acids is 3. The van der Waals surface area contributed by atoms with Crippen LogP contribution >= 0.6 is 0 Å². The molecule has 3 amide bonds. The maximum Gasteiger partial charge on any atom is 0.407 e. The van der Waals surface area contributed by atoms with Crippen molar-refractivity contribution in [1.29, 1.82) is 0 Å². The van der Waals surface area contributed by atoms with Crippen molar-refractivity contribution in [3.63, 3.8) is 0 Å². The number of anilines is 1. The van der Waals surface area contributed by atoms with Gasteiger partial charge in [-0.05, 0) is 18.2 Å². The van der Waals surface area contributed by atoms with Crippen LogP contribution < -0.4 is 16.0 Å². The molecule has 1 aromatic carbocycles. The van der Waals surface area contributed by atoms with E-state index in [0.29, 0.717) is 0 Å². The monoisotopic (exact) mass is 307 g/mol. The molecular formula is C14H14FN3O4. The summed E-state index contributed by atoms with van der Waals surface area (Å²) in [6.45, 7) is 3.23. The third-order valence-corrected chi connectivity index (χ3v) is 2.95. The van der Waals surface area contributed by atoms with Crippen molar-refractivity contribution in [3.05, 3.63) is 42.2 Å². The Labute approximate surface area is 125 Å². The van der Waals surface area contributed by atoms with E-state index in [1.807, 2.05) is 0 Å². The Morgan fingerprint density at radius 3 is 2.86 bits per heavy atom. The Hall–Kier alpha value is -2.90. The van der Waals surface area contributed by atoms with Gasteiger partial charge in [-0.1, -0.05) is 12.6 Å². The molecule has 0 aliphatic carbocycles. The predicted molar refractivity (Wildman–Crippen MR) is 75.3 cm³/mol. The average molecular weight is 307 g/mol. The van der Waals surface area contributed by atoms with Crippen molar-refractivity contribution in [1.82, 2.24) is 10.6 Å². The van der Waals surface area contributed by atoms with E-state index in [1.54, 1.807) is 0 Å². The van der Waals surface area contributed by atoms with Gasteiger partial charge in [-0.2, -0.15) is 0 Å². The third-order valence-electron chi connectivity index (χ3n) is 2.95. The zero-order chi connectivity index (χ0) is 16.1. The second-order valence-corrected chi connectivity index (χ2v) is 4.51. The fourth-order valence-electron chi connectivity index (χ4n) is 1.78. The lowest BCUT2D eigenvalue weighted by Crippen LogP contribution is -2.38. The highest BCUT2D eigenvalue weighted by Crippen LogP contribution is 2.15. The molecule has 116 valence electrons. The quantitative estimate of drug-likeness (QED) is 0.697. The number of nitrogens with one attached hydrogen (secondary N) is 3. The minimum atomic E-state index is -0.804.